The molecule has 1 spiro atoms. The number of rotatable bonds is 0. The minimum Gasteiger partial charge on any atom is -0.307 e. The van der Waals surface area contributed by atoms with Gasteiger partial charge >= 0.3 is 12.1 Å². The van der Waals surface area contributed by atoms with E-state index in [9.17, 15) is 18.0 Å². The van der Waals surface area contributed by atoms with Crippen LogP contribution in [-0.4, -0.2) is 29.7 Å². The zero-order valence-corrected chi connectivity index (χ0v) is 11.3. The number of alkyl halides is 3. The van der Waals surface area contributed by atoms with Crippen LogP contribution in [0.5, 0.6) is 0 Å². The second-order valence-corrected chi connectivity index (χ2v) is 5.13. The number of hydrogen-bond acceptors (Lipinski definition) is 2. The van der Waals surface area contributed by atoms with Crippen molar-refractivity contribution in [1.29, 1.82) is 0 Å². The quantitative estimate of drug-likeness (QED) is 0.722. The summed E-state index contributed by atoms with van der Waals surface area (Å²) >= 11 is 0. The molecule has 3 nitrogen and oxygen atoms in total. The average Bonchev–Trinajstić information content (AvgIpc) is 3.00. The van der Waals surface area contributed by atoms with Crippen LogP contribution in [0.25, 0.3) is 0 Å². The first-order valence-electron chi connectivity index (χ1n) is 6.60. The number of hydrogen-bond donors (Lipinski definition) is 0. The molecular weight excluding hydrogens is 281 g/mol. The van der Waals surface area contributed by atoms with Crippen LogP contribution in [0.15, 0.2) is 41.0 Å². The Morgan fingerprint density at radius 1 is 1.38 bits per heavy atom. The van der Waals surface area contributed by atoms with Crippen molar-refractivity contribution in [2.75, 3.05) is 6.54 Å². The van der Waals surface area contributed by atoms with Gasteiger partial charge in [-0.2, -0.15) is 13.2 Å². The molecule has 1 aromatic rings. The molecule has 3 rings (SSSR count). The molecule has 6 heteroatoms. The third kappa shape index (κ3) is 1.89. The lowest BCUT2D eigenvalue weighted by atomic mass is 9.79. The molecule has 110 valence electrons. The standard InChI is InChI=1S/C15H13F3N2O/c1-2-12-14(7-8-20(12)13(21)15(16,17)18)9-19-11-6-4-3-5-10(11)14/h2-6,9H,7-8H2,1H3/b12-2+. The Bertz CT molecular complexity index is 663. The summed E-state index contributed by atoms with van der Waals surface area (Å²) in [6.07, 6.45) is -1.22. The summed E-state index contributed by atoms with van der Waals surface area (Å²) in [5, 5.41) is 0. The van der Waals surface area contributed by atoms with Gasteiger partial charge in [0.1, 0.15) is 0 Å². The summed E-state index contributed by atoms with van der Waals surface area (Å²) in [6, 6.07) is 7.34. The highest BCUT2D eigenvalue weighted by Gasteiger charge is 2.53. The predicted molar refractivity (Wildman–Crippen MR) is 72.4 cm³/mol. The zero-order valence-electron chi connectivity index (χ0n) is 11.3. The van der Waals surface area contributed by atoms with Crippen LogP contribution in [0, 0.1) is 0 Å². The fourth-order valence-corrected chi connectivity index (χ4v) is 3.17. The SMILES string of the molecule is C/C=C1/N(C(=O)C(F)(F)F)CCC12C=Nc1ccccc12. The maximum absolute atomic E-state index is 12.7. The number of amides is 1. The minimum atomic E-state index is -4.87. The third-order valence-corrected chi connectivity index (χ3v) is 4.05. The number of allylic oxidation sites excluding steroid dienone is 2. The number of benzene rings is 1. The molecule has 0 aromatic heterocycles. The van der Waals surface area contributed by atoms with Crippen molar-refractivity contribution in [2.24, 2.45) is 4.99 Å². The van der Waals surface area contributed by atoms with E-state index in [0.717, 1.165) is 16.2 Å². The highest BCUT2D eigenvalue weighted by Crippen LogP contribution is 2.49. The van der Waals surface area contributed by atoms with Crippen molar-refractivity contribution < 1.29 is 18.0 Å². The maximum Gasteiger partial charge on any atom is 0.471 e. The average molecular weight is 294 g/mol. The van der Waals surface area contributed by atoms with E-state index in [1.165, 1.54) is 0 Å². The largest absolute Gasteiger partial charge is 0.471 e. The number of halogens is 3. The number of fused-ring (bicyclic) bond motifs is 2. The van der Waals surface area contributed by atoms with Crippen LogP contribution in [0.3, 0.4) is 0 Å². The summed E-state index contributed by atoms with van der Waals surface area (Å²) in [6.45, 7) is 1.69. The molecule has 0 N–H and O–H groups in total. The Morgan fingerprint density at radius 3 is 2.76 bits per heavy atom. The molecule has 2 aliphatic rings. The number of carbonyl (C=O) groups is 1. The van der Waals surface area contributed by atoms with Gasteiger partial charge in [-0.25, -0.2) is 0 Å². The van der Waals surface area contributed by atoms with E-state index in [0.29, 0.717) is 12.1 Å². The normalized spacial score (nSPS) is 25.9. The van der Waals surface area contributed by atoms with Crippen LogP contribution in [0.2, 0.25) is 0 Å². The second-order valence-electron chi connectivity index (χ2n) is 5.13. The van der Waals surface area contributed by atoms with E-state index >= 15 is 0 Å². The second kappa shape index (κ2) is 4.44. The van der Waals surface area contributed by atoms with E-state index in [4.69, 9.17) is 0 Å². The smallest absolute Gasteiger partial charge is 0.307 e. The molecular formula is C15H13F3N2O. The lowest BCUT2D eigenvalue weighted by Gasteiger charge is -2.27. The minimum absolute atomic E-state index is 0.0401. The van der Waals surface area contributed by atoms with Crippen LogP contribution in [0.4, 0.5) is 18.9 Å². The molecule has 0 saturated carbocycles. The third-order valence-electron chi connectivity index (χ3n) is 4.05. The fourth-order valence-electron chi connectivity index (χ4n) is 3.17. The lowest BCUT2D eigenvalue weighted by Crippen LogP contribution is -2.40. The summed E-state index contributed by atoms with van der Waals surface area (Å²) < 4.78 is 38.2. The number of para-hydroxylation sites is 1. The molecule has 0 aliphatic carbocycles. The highest BCUT2D eigenvalue weighted by molar-refractivity contribution is 5.93. The molecule has 1 saturated heterocycles. The lowest BCUT2D eigenvalue weighted by molar-refractivity contribution is -0.182. The van der Waals surface area contributed by atoms with Crippen molar-refractivity contribution in [1.82, 2.24) is 4.90 Å². The van der Waals surface area contributed by atoms with Crippen LogP contribution >= 0.6 is 0 Å². The summed E-state index contributed by atoms with van der Waals surface area (Å²) in [5.74, 6) is -1.81. The first-order chi connectivity index (χ1) is 9.90. The van der Waals surface area contributed by atoms with Gasteiger partial charge in [-0.05, 0) is 25.0 Å². The van der Waals surface area contributed by atoms with E-state index in [1.54, 1.807) is 19.2 Å². The topological polar surface area (TPSA) is 32.7 Å². The maximum atomic E-state index is 12.7. The van der Waals surface area contributed by atoms with E-state index in [1.807, 2.05) is 24.3 Å². The Balaban J connectivity index is 2.06. The van der Waals surface area contributed by atoms with Gasteiger partial charge in [-0.15, -0.1) is 0 Å². The zero-order chi connectivity index (χ0) is 15.3. The molecule has 2 heterocycles. The van der Waals surface area contributed by atoms with Crippen molar-refractivity contribution in [3.05, 3.63) is 41.6 Å². The number of nitrogens with zero attached hydrogens (tertiary/aromatic N) is 2. The van der Waals surface area contributed by atoms with Gasteiger partial charge < -0.3 is 4.90 Å². The van der Waals surface area contributed by atoms with Crippen molar-refractivity contribution >= 4 is 17.8 Å². The molecule has 1 aromatic carbocycles. The molecule has 1 atom stereocenters. The first-order valence-corrected chi connectivity index (χ1v) is 6.60. The van der Waals surface area contributed by atoms with Gasteiger partial charge in [0.05, 0.1) is 11.1 Å². The van der Waals surface area contributed by atoms with Crippen LogP contribution < -0.4 is 0 Å². The Labute approximate surface area is 119 Å². The molecule has 2 aliphatic heterocycles. The highest BCUT2D eigenvalue weighted by atomic mass is 19.4. The molecule has 21 heavy (non-hydrogen) atoms. The van der Waals surface area contributed by atoms with Gasteiger partial charge in [0.2, 0.25) is 0 Å². The fraction of sp³-hybridized carbons (Fsp3) is 0.333. The molecule has 1 fully saturated rings. The van der Waals surface area contributed by atoms with E-state index in [-0.39, 0.29) is 6.54 Å². The number of likely N-dealkylation sites (tertiary alicyclic amines) is 1. The molecule has 1 unspecified atom stereocenters. The monoisotopic (exact) mass is 294 g/mol. The van der Waals surface area contributed by atoms with Gasteiger partial charge in [0.15, 0.2) is 0 Å². The summed E-state index contributed by atoms with van der Waals surface area (Å²) in [4.78, 5) is 16.7. The van der Waals surface area contributed by atoms with E-state index < -0.39 is 17.5 Å². The summed E-state index contributed by atoms with van der Waals surface area (Å²) in [7, 11) is 0. The Hall–Kier alpha value is -2.11. The Morgan fingerprint density at radius 2 is 2.10 bits per heavy atom. The van der Waals surface area contributed by atoms with Gasteiger partial charge in [0, 0.05) is 18.5 Å². The Kier molecular flexibility index (Phi) is 2.93. The van der Waals surface area contributed by atoms with Crippen LogP contribution in [0.1, 0.15) is 18.9 Å². The van der Waals surface area contributed by atoms with E-state index in [2.05, 4.69) is 4.99 Å². The molecule has 0 bridgehead atoms. The predicted octanol–water partition coefficient (Wildman–Crippen LogP) is 3.34. The summed E-state index contributed by atoms with van der Waals surface area (Å²) in [5.41, 5.74) is 1.25. The van der Waals surface area contributed by atoms with Gasteiger partial charge in [-0.3, -0.25) is 9.79 Å². The number of aliphatic imine (C=N–C) groups is 1. The number of carbonyl (C=O) groups excluding carboxylic acids is 1. The molecule has 1 amide bonds. The van der Waals surface area contributed by atoms with Gasteiger partial charge in [0.25, 0.3) is 0 Å². The first kappa shape index (κ1) is 13.9. The van der Waals surface area contributed by atoms with Crippen molar-refractivity contribution in [2.45, 2.75) is 24.9 Å². The van der Waals surface area contributed by atoms with Gasteiger partial charge in [-0.1, -0.05) is 24.3 Å². The molecule has 0 radical (unpaired) electrons. The van der Waals surface area contributed by atoms with Crippen molar-refractivity contribution in [3.63, 3.8) is 0 Å². The van der Waals surface area contributed by atoms with Crippen LogP contribution in [-0.2, 0) is 10.2 Å². The van der Waals surface area contributed by atoms with Crippen molar-refractivity contribution in [3.8, 4) is 0 Å².